The van der Waals surface area contributed by atoms with Gasteiger partial charge in [0.15, 0.2) is 11.7 Å². The fourth-order valence-electron chi connectivity index (χ4n) is 1.07. The van der Waals surface area contributed by atoms with Crippen molar-refractivity contribution in [3.63, 3.8) is 0 Å². The van der Waals surface area contributed by atoms with Crippen LogP contribution in [0.2, 0.25) is 0 Å². The third kappa shape index (κ3) is 4.75. The summed E-state index contributed by atoms with van der Waals surface area (Å²) in [5.41, 5.74) is 11.1. The molecule has 0 aliphatic heterocycles. The first-order chi connectivity index (χ1) is 7.18. The highest BCUT2D eigenvalue weighted by Crippen LogP contribution is 1.99. The Kier molecular flexibility index (Phi) is 4.27. The maximum atomic E-state index is 11.2. The number of nitrogens with one attached hydrogen (secondary N) is 1. The predicted molar refractivity (Wildman–Crippen MR) is 55.0 cm³/mol. The van der Waals surface area contributed by atoms with E-state index in [1.165, 1.54) is 0 Å². The number of aromatic amines is 1. The number of aliphatic imine (C=N–C) groups is 1. The van der Waals surface area contributed by atoms with E-state index >= 15 is 0 Å². The molecule has 0 spiro atoms. The lowest BCUT2D eigenvalue weighted by Gasteiger charge is -1.96. The Labute approximate surface area is 86.9 Å². The zero-order chi connectivity index (χ0) is 11.1. The van der Waals surface area contributed by atoms with Gasteiger partial charge in [-0.1, -0.05) is 0 Å². The minimum absolute atomic E-state index is 0.0203. The van der Waals surface area contributed by atoms with Crippen LogP contribution in [0.4, 0.5) is 0 Å². The highest BCUT2D eigenvalue weighted by atomic mass is 16.1. The zero-order valence-electron chi connectivity index (χ0n) is 8.31. The number of aryl methyl sites for hydroxylation is 1. The van der Waals surface area contributed by atoms with Gasteiger partial charge in [-0.2, -0.15) is 15.4 Å². The van der Waals surface area contributed by atoms with Crippen LogP contribution in [0.1, 0.15) is 18.5 Å². The average molecular weight is 210 g/mol. The van der Waals surface area contributed by atoms with E-state index in [0.29, 0.717) is 6.42 Å². The van der Waals surface area contributed by atoms with E-state index in [9.17, 15) is 4.79 Å². The van der Waals surface area contributed by atoms with Gasteiger partial charge in [0, 0.05) is 6.42 Å². The number of Topliss-reactive ketones (excluding diaryl/α,β-unsaturated/α-hetero) is 1. The molecule has 0 aliphatic rings. The number of aromatic nitrogens is 3. The number of rotatable bonds is 6. The second kappa shape index (κ2) is 5.74. The Bertz CT molecular complexity index is 327. The first-order valence-electron chi connectivity index (χ1n) is 4.60. The van der Waals surface area contributed by atoms with Gasteiger partial charge in [-0.25, -0.2) is 4.99 Å². The fraction of sp³-hybridized carbons (Fsp3) is 0.500. The smallest absolute Gasteiger partial charge is 0.186 e. The Morgan fingerprint density at radius 2 is 2.33 bits per heavy atom. The molecule has 0 radical (unpaired) electrons. The lowest BCUT2D eigenvalue weighted by atomic mass is 10.1. The molecule has 0 unspecified atom stereocenters. The molecule has 7 nitrogen and oxygen atoms in total. The molecule has 1 aromatic rings. The van der Waals surface area contributed by atoms with Crippen molar-refractivity contribution in [2.75, 3.05) is 6.54 Å². The Morgan fingerprint density at radius 1 is 1.53 bits per heavy atom. The third-order valence-corrected chi connectivity index (χ3v) is 1.79. The summed E-state index contributed by atoms with van der Waals surface area (Å²) in [5.74, 6) is -0.0354. The summed E-state index contributed by atoms with van der Waals surface area (Å²) in [7, 11) is 0. The number of nitrogens with two attached hydrogens (primary N) is 2. The molecule has 82 valence electrons. The van der Waals surface area contributed by atoms with Gasteiger partial charge in [0.2, 0.25) is 0 Å². The van der Waals surface area contributed by atoms with Crippen LogP contribution in [0.3, 0.4) is 0 Å². The molecular weight excluding hydrogens is 196 g/mol. The van der Waals surface area contributed by atoms with E-state index in [2.05, 4.69) is 20.4 Å². The van der Waals surface area contributed by atoms with E-state index < -0.39 is 0 Å². The van der Waals surface area contributed by atoms with Gasteiger partial charge in [0.05, 0.1) is 11.9 Å². The van der Waals surface area contributed by atoms with Crippen LogP contribution in [-0.2, 0) is 11.2 Å². The molecule has 0 saturated carbocycles. The summed E-state index contributed by atoms with van der Waals surface area (Å²) in [4.78, 5) is 14.8. The van der Waals surface area contributed by atoms with Crippen molar-refractivity contribution in [1.29, 1.82) is 0 Å². The molecule has 1 rings (SSSR count). The Balaban J connectivity index is 2.15. The van der Waals surface area contributed by atoms with Gasteiger partial charge in [-0.05, 0) is 12.8 Å². The van der Waals surface area contributed by atoms with Crippen molar-refractivity contribution in [3.8, 4) is 0 Å². The topological polar surface area (TPSA) is 123 Å². The van der Waals surface area contributed by atoms with Crippen LogP contribution >= 0.6 is 0 Å². The summed E-state index contributed by atoms with van der Waals surface area (Å²) in [5, 5.41) is 10.0. The van der Waals surface area contributed by atoms with E-state index in [1.54, 1.807) is 6.20 Å². The standard InChI is InChI=1S/C8H14N6O/c9-8(10)11-5-7(15)3-1-2-6-4-12-14-13-6/h4H,1-3,5H2,(H4,9,10,11)(H,12,13,14). The molecule has 0 saturated heterocycles. The molecule has 0 amide bonds. The summed E-state index contributed by atoms with van der Waals surface area (Å²) in [6.45, 7) is 0.0567. The number of H-pyrrole nitrogens is 1. The molecule has 7 heteroatoms. The molecule has 1 heterocycles. The van der Waals surface area contributed by atoms with Crippen LogP contribution in [-0.4, -0.2) is 33.7 Å². The highest BCUT2D eigenvalue weighted by Gasteiger charge is 2.02. The molecule has 0 fully saturated rings. The van der Waals surface area contributed by atoms with Crippen LogP contribution in [0.25, 0.3) is 0 Å². The van der Waals surface area contributed by atoms with Crippen LogP contribution in [0.5, 0.6) is 0 Å². The summed E-state index contributed by atoms with van der Waals surface area (Å²) in [6, 6.07) is 0. The lowest BCUT2D eigenvalue weighted by Crippen LogP contribution is -2.24. The SMILES string of the molecule is NC(N)=NCC(=O)CCCc1cn[nH]n1. The molecule has 0 aliphatic carbocycles. The minimum atomic E-state index is -0.0557. The van der Waals surface area contributed by atoms with E-state index in [1.807, 2.05) is 0 Å². The second-order valence-corrected chi connectivity index (χ2v) is 3.09. The first kappa shape index (κ1) is 11.2. The quantitative estimate of drug-likeness (QED) is 0.409. The first-order valence-corrected chi connectivity index (χ1v) is 4.60. The minimum Gasteiger partial charge on any atom is -0.370 e. The van der Waals surface area contributed by atoms with Crippen molar-refractivity contribution in [3.05, 3.63) is 11.9 Å². The maximum Gasteiger partial charge on any atom is 0.186 e. The van der Waals surface area contributed by atoms with Gasteiger partial charge >= 0.3 is 0 Å². The number of ketones is 1. The number of hydrogen-bond acceptors (Lipinski definition) is 4. The van der Waals surface area contributed by atoms with Gasteiger partial charge in [0.25, 0.3) is 0 Å². The molecule has 0 bridgehead atoms. The van der Waals surface area contributed by atoms with Crippen molar-refractivity contribution < 1.29 is 4.79 Å². The van der Waals surface area contributed by atoms with Crippen molar-refractivity contribution in [2.45, 2.75) is 19.3 Å². The highest BCUT2D eigenvalue weighted by molar-refractivity contribution is 5.84. The summed E-state index contributed by atoms with van der Waals surface area (Å²) < 4.78 is 0. The summed E-state index contributed by atoms with van der Waals surface area (Å²) in [6.07, 6.45) is 3.54. The molecule has 0 aromatic carbocycles. The lowest BCUT2D eigenvalue weighted by molar-refractivity contribution is -0.117. The van der Waals surface area contributed by atoms with E-state index in [-0.39, 0.29) is 18.3 Å². The largest absolute Gasteiger partial charge is 0.370 e. The Hall–Kier alpha value is -1.92. The van der Waals surface area contributed by atoms with Gasteiger partial charge in [-0.15, -0.1) is 0 Å². The van der Waals surface area contributed by atoms with Gasteiger partial charge in [-0.3, -0.25) is 4.79 Å². The van der Waals surface area contributed by atoms with E-state index in [0.717, 1.165) is 18.5 Å². The molecule has 1 aromatic heterocycles. The van der Waals surface area contributed by atoms with Crippen molar-refractivity contribution in [1.82, 2.24) is 15.4 Å². The number of nitrogens with zero attached hydrogens (tertiary/aromatic N) is 3. The third-order valence-electron chi connectivity index (χ3n) is 1.79. The fourth-order valence-corrected chi connectivity index (χ4v) is 1.07. The monoisotopic (exact) mass is 210 g/mol. The number of carbonyl (C=O) groups excluding carboxylic acids is 1. The maximum absolute atomic E-state index is 11.2. The second-order valence-electron chi connectivity index (χ2n) is 3.09. The molecule has 15 heavy (non-hydrogen) atoms. The molecule has 5 N–H and O–H groups in total. The molecular formula is C8H14N6O. The van der Waals surface area contributed by atoms with Crippen LogP contribution < -0.4 is 11.5 Å². The zero-order valence-corrected chi connectivity index (χ0v) is 8.31. The molecule has 0 atom stereocenters. The van der Waals surface area contributed by atoms with Crippen molar-refractivity contribution in [2.24, 2.45) is 16.5 Å². The predicted octanol–water partition coefficient (Wildman–Crippen LogP) is -1.03. The average Bonchev–Trinajstić information content (AvgIpc) is 2.67. The summed E-state index contributed by atoms with van der Waals surface area (Å²) >= 11 is 0. The van der Waals surface area contributed by atoms with Gasteiger partial charge < -0.3 is 11.5 Å². The van der Waals surface area contributed by atoms with Crippen LogP contribution in [0, 0.1) is 0 Å². The van der Waals surface area contributed by atoms with Gasteiger partial charge in [0.1, 0.15) is 6.54 Å². The number of carbonyl (C=O) groups is 1. The van der Waals surface area contributed by atoms with E-state index in [4.69, 9.17) is 11.5 Å². The Morgan fingerprint density at radius 3 is 2.93 bits per heavy atom. The number of hydrogen-bond donors (Lipinski definition) is 3. The van der Waals surface area contributed by atoms with Crippen molar-refractivity contribution >= 4 is 11.7 Å². The number of guanidine groups is 1. The normalized spacial score (nSPS) is 9.87. The van der Waals surface area contributed by atoms with Crippen LogP contribution in [0.15, 0.2) is 11.2 Å².